The van der Waals surface area contributed by atoms with Crippen molar-refractivity contribution in [3.8, 4) is 0 Å². The first-order valence-corrected chi connectivity index (χ1v) is 6.26. The van der Waals surface area contributed by atoms with Crippen molar-refractivity contribution >= 4 is 5.78 Å². The van der Waals surface area contributed by atoms with Crippen LogP contribution in [-0.4, -0.2) is 16.5 Å². The molecular weight excluding hydrogens is 200 g/mol. The van der Waals surface area contributed by atoms with Gasteiger partial charge in [-0.25, -0.2) is 0 Å². The molecule has 0 heterocycles. The number of fused-ring (bicyclic) bond motifs is 1. The lowest BCUT2D eigenvalue weighted by Crippen LogP contribution is -2.55. The first-order chi connectivity index (χ1) is 7.36. The van der Waals surface area contributed by atoms with Crippen molar-refractivity contribution in [2.45, 2.75) is 58.0 Å². The lowest BCUT2D eigenvalue weighted by Gasteiger charge is -2.53. The van der Waals surface area contributed by atoms with E-state index in [0.717, 1.165) is 31.3 Å². The monoisotopic (exact) mass is 222 g/mol. The van der Waals surface area contributed by atoms with Crippen molar-refractivity contribution in [1.29, 1.82) is 0 Å². The number of aliphatic hydroxyl groups is 1. The molecule has 16 heavy (non-hydrogen) atoms. The first kappa shape index (κ1) is 11.8. The molecule has 0 aliphatic heterocycles. The van der Waals surface area contributed by atoms with Gasteiger partial charge in [-0.15, -0.1) is 0 Å². The van der Waals surface area contributed by atoms with Gasteiger partial charge in [0.25, 0.3) is 0 Å². The quantitative estimate of drug-likeness (QED) is 0.693. The van der Waals surface area contributed by atoms with Gasteiger partial charge in [-0.2, -0.15) is 0 Å². The molecule has 2 saturated carbocycles. The topological polar surface area (TPSA) is 37.3 Å². The van der Waals surface area contributed by atoms with E-state index >= 15 is 0 Å². The maximum Gasteiger partial charge on any atom is 0.135 e. The van der Waals surface area contributed by atoms with Crippen LogP contribution >= 0.6 is 0 Å². The molecule has 0 bridgehead atoms. The number of rotatable bonds is 1. The predicted molar refractivity (Wildman–Crippen MR) is 64.1 cm³/mol. The van der Waals surface area contributed by atoms with Crippen LogP contribution < -0.4 is 0 Å². The van der Waals surface area contributed by atoms with Gasteiger partial charge in [-0.05, 0) is 43.9 Å². The third-order valence-corrected chi connectivity index (χ3v) is 4.89. The zero-order valence-electron chi connectivity index (χ0n) is 10.4. The summed E-state index contributed by atoms with van der Waals surface area (Å²) in [5, 5.41) is 10.8. The molecule has 0 saturated heterocycles. The summed E-state index contributed by atoms with van der Waals surface area (Å²) in [7, 11) is 0. The van der Waals surface area contributed by atoms with E-state index in [-0.39, 0.29) is 11.2 Å². The van der Waals surface area contributed by atoms with Crippen LogP contribution in [0, 0.1) is 11.3 Å². The summed E-state index contributed by atoms with van der Waals surface area (Å²) in [6.07, 6.45) is 4.72. The minimum Gasteiger partial charge on any atom is -0.389 e. The SMILES string of the molecule is C=C(C)[C@@H]1CC[C@]2(C)CCC(=O)C[C@]2(O)C1. The van der Waals surface area contributed by atoms with E-state index in [1.807, 2.05) is 6.92 Å². The fraction of sp³-hybridized carbons (Fsp3) is 0.786. The fourth-order valence-electron chi connectivity index (χ4n) is 3.38. The van der Waals surface area contributed by atoms with Crippen LogP contribution in [0.25, 0.3) is 0 Å². The second-order valence-electron chi connectivity index (χ2n) is 6.09. The van der Waals surface area contributed by atoms with Crippen molar-refractivity contribution in [3.63, 3.8) is 0 Å². The second-order valence-corrected chi connectivity index (χ2v) is 6.09. The van der Waals surface area contributed by atoms with Gasteiger partial charge in [0, 0.05) is 12.8 Å². The number of hydrogen-bond donors (Lipinski definition) is 1. The highest BCUT2D eigenvalue weighted by atomic mass is 16.3. The predicted octanol–water partition coefficient (Wildman–Crippen LogP) is 2.85. The third-order valence-electron chi connectivity index (χ3n) is 4.89. The first-order valence-electron chi connectivity index (χ1n) is 6.26. The van der Waals surface area contributed by atoms with E-state index in [4.69, 9.17) is 0 Å². The molecule has 2 nitrogen and oxygen atoms in total. The molecule has 0 radical (unpaired) electrons. The Morgan fingerprint density at radius 2 is 2.19 bits per heavy atom. The number of carbonyl (C=O) groups excluding carboxylic acids is 1. The summed E-state index contributed by atoms with van der Waals surface area (Å²) >= 11 is 0. The van der Waals surface area contributed by atoms with Crippen molar-refractivity contribution in [2.24, 2.45) is 11.3 Å². The number of carbonyl (C=O) groups is 1. The Balaban J connectivity index is 2.23. The highest BCUT2D eigenvalue weighted by molar-refractivity contribution is 5.80. The average Bonchev–Trinajstić information content (AvgIpc) is 2.18. The Hall–Kier alpha value is -0.630. The van der Waals surface area contributed by atoms with Gasteiger partial charge in [0.15, 0.2) is 0 Å². The molecule has 2 rings (SSSR count). The molecule has 0 aromatic heterocycles. The van der Waals surface area contributed by atoms with E-state index in [1.165, 1.54) is 0 Å². The Bertz CT molecular complexity index is 334. The summed E-state index contributed by atoms with van der Waals surface area (Å²) in [5.41, 5.74) is 0.324. The van der Waals surface area contributed by atoms with Crippen LogP contribution in [-0.2, 0) is 4.79 Å². The van der Waals surface area contributed by atoms with Crippen molar-refractivity contribution < 1.29 is 9.90 Å². The molecular formula is C14H22O2. The smallest absolute Gasteiger partial charge is 0.135 e. The summed E-state index contributed by atoms with van der Waals surface area (Å²) in [5.74, 6) is 0.617. The molecule has 2 fully saturated rings. The maximum atomic E-state index is 11.6. The summed E-state index contributed by atoms with van der Waals surface area (Å²) in [6, 6.07) is 0. The number of hydrogen-bond acceptors (Lipinski definition) is 2. The van der Waals surface area contributed by atoms with Gasteiger partial charge in [-0.3, -0.25) is 4.79 Å². The van der Waals surface area contributed by atoms with Gasteiger partial charge in [0.2, 0.25) is 0 Å². The van der Waals surface area contributed by atoms with E-state index in [1.54, 1.807) is 0 Å². The minimum atomic E-state index is -0.774. The fourth-order valence-corrected chi connectivity index (χ4v) is 3.38. The molecule has 2 aliphatic carbocycles. The molecule has 2 heteroatoms. The standard InChI is InChI=1S/C14H22O2/c1-10(2)11-4-6-13(3)7-5-12(15)9-14(13,16)8-11/h11,16H,1,4-9H2,2-3H3/t11-,13-,14-/m1/s1. The summed E-state index contributed by atoms with van der Waals surface area (Å²) in [6.45, 7) is 8.17. The highest BCUT2D eigenvalue weighted by Gasteiger charge is 2.53. The van der Waals surface area contributed by atoms with E-state index in [0.29, 0.717) is 18.8 Å². The largest absolute Gasteiger partial charge is 0.389 e. The molecule has 0 amide bonds. The molecule has 0 spiro atoms. The van der Waals surface area contributed by atoms with E-state index in [2.05, 4.69) is 13.5 Å². The van der Waals surface area contributed by atoms with Gasteiger partial charge in [0.1, 0.15) is 5.78 Å². The third kappa shape index (κ3) is 1.73. The lowest BCUT2D eigenvalue weighted by atomic mass is 9.54. The molecule has 1 N–H and O–H groups in total. The molecule has 90 valence electrons. The number of ketones is 1. The zero-order valence-corrected chi connectivity index (χ0v) is 10.4. The van der Waals surface area contributed by atoms with Crippen LogP contribution in [0.15, 0.2) is 12.2 Å². The Kier molecular flexibility index (Phi) is 2.73. The van der Waals surface area contributed by atoms with Gasteiger partial charge in [-0.1, -0.05) is 19.1 Å². The summed E-state index contributed by atoms with van der Waals surface area (Å²) < 4.78 is 0. The summed E-state index contributed by atoms with van der Waals surface area (Å²) in [4.78, 5) is 11.6. The van der Waals surface area contributed by atoms with E-state index in [9.17, 15) is 9.90 Å². The van der Waals surface area contributed by atoms with Gasteiger partial charge < -0.3 is 5.11 Å². The van der Waals surface area contributed by atoms with Crippen molar-refractivity contribution in [2.75, 3.05) is 0 Å². The lowest BCUT2D eigenvalue weighted by molar-refractivity contribution is -0.159. The van der Waals surface area contributed by atoms with E-state index < -0.39 is 5.60 Å². The Labute approximate surface area is 97.7 Å². The molecule has 3 atom stereocenters. The van der Waals surface area contributed by atoms with Gasteiger partial charge in [0.05, 0.1) is 5.60 Å². The second kappa shape index (κ2) is 3.69. The Morgan fingerprint density at radius 3 is 2.81 bits per heavy atom. The molecule has 2 aliphatic rings. The average molecular weight is 222 g/mol. The van der Waals surface area contributed by atoms with Crippen molar-refractivity contribution in [1.82, 2.24) is 0 Å². The van der Waals surface area contributed by atoms with Crippen LogP contribution in [0.1, 0.15) is 52.4 Å². The van der Waals surface area contributed by atoms with Crippen molar-refractivity contribution in [3.05, 3.63) is 12.2 Å². The number of Topliss-reactive ketones (excluding diaryl/α,β-unsaturated/α-hetero) is 1. The highest BCUT2D eigenvalue weighted by Crippen LogP contribution is 2.54. The van der Waals surface area contributed by atoms with Crippen LogP contribution in [0.5, 0.6) is 0 Å². The number of allylic oxidation sites excluding steroid dienone is 1. The van der Waals surface area contributed by atoms with Crippen LogP contribution in [0.3, 0.4) is 0 Å². The van der Waals surface area contributed by atoms with Crippen LogP contribution in [0.4, 0.5) is 0 Å². The minimum absolute atomic E-state index is 0.0488. The molecule has 0 unspecified atom stereocenters. The zero-order chi connectivity index (χ0) is 12.0. The molecule has 0 aromatic carbocycles. The Morgan fingerprint density at radius 1 is 1.50 bits per heavy atom. The normalized spacial score (nSPS) is 43.9. The molecule has 0 aromatic rings. The maximum absolute atomic E-state index is 11.6. The van der Waals surface area contributed by atoms with Crippen LogP contribution in [0.2, 0.25) is 0 Å². The van der Waals surface area contributed by atoms with Gasteiger partial charge >= 0.3 is 0 Å².